The van der Waals surface area contributed by atoms with Gasteiger partial charge in [-0.2, -0.15) is 5.10 Å². The van der Waals surface area contributed by atoms with Gasteiger partial charge in [0.1, 0.15) is 6.61 Å². The van der Waals surface area contributed by atoms with Gasteiger partial charge in [-0.15, -0.1) is 0 Å². The molecule has 5 nitrogen and oxygen atoms in total. The first-order valence-corrected chi connectivity index (χ1v) is 10.6. The molecular weight excluding hydrogens is 406 g/mol. The summed E-state index contributed by atoms with van der Waals surface area (Å²) in [5, 5.41) is 8.81. The van der Waals surface area contributed by atoms with Crippen LogP contribution in [0.15, 0.2) is 47.6 Å². The molecule has 1 aliphatic carbocycles. The molecule has 29 heavy (non-hydrogen) atoms. The van der Waals surface area contributed by atoms with Crippen LogP contribution < -0.4 is 20.2 Å². The zero-order valence-electron chi connectivity index (χ0n) is 16.5. The van der Waals surface area contributed by atoms with E-state index >= 15 is 0 Å². The highest BCUT2D eigenvalue weighted by Crippen LogP contribution is 2.31. The third-order valence-electron chi connectivity index (χ3n) is 4.87. The number of halogens is 1. The maximum Gasteiger partial charge on any atom is 0.187 e. The molecule has 0 atom stereocenters. The topological polar surface area (TPSA) is 54.9 Å². The maximum absolute atomic E-state index is 6.23. The lowest BCUT2D eigenvalue weighted by atomic mass is 9.96. The van der Waals surface area contributed by atoms with Crippen molar-refractivity contribution < 1.29 is 9.47 Å². The number of para-hydroxylation sites is 1. The molecule has 154 valence electrons. The second-order valence-electron chi connectivity index (χ2n) is 6.94. The lowest BCUT2D eigenvalue weighted by Gasteiger charge is -2.23. The third-order valence-corrected chi connectivity index (χ3v) is 5.45. The van der Waals surface area contributed by atoms with Gasteiger partial charge in [0.15, 0.2) is 16.6 Å². The van der Waals surface area contributed by atoms with Gasteiger partial charge in [0.05, 0.1) is 13.3 Å². The van der Waals surface area contributed by atoms with Gasteiger partial charge >= 0.3 is 0 Å². The molecule has 0 aliphatic heterocycles. The van der Waals surface area contributed by atoms with E-state index in [1.54, 1.807) is 13.3 Å². The van der Waals surface area contributed by atoms with Gasteiger partial charge < -0.3 is 14.8 Å². The van der Waals surface area contributed by atoms with E-state index in [2.05, 4.69) is 15.8 Å². The fraction of sp³-hybridized carbons (Fsp3) is 0.364. The smallest absolute Gasteiger partial charge is 0.187 e. The van der Waals surface area contributed by atoms with Gasteiger partial charge in [-0.25, -0.2) is 0 Å². The SMILES string of the molecule is COc1cccc(/C=N/NC(=S)NC2CCCCC2)c1OCc1ccccc1Cl. The Bertz CT molecular complexity index is 854. The lowest BCUT2D eigenvalue weighted by molar-refractivity contribution is 0.284. The van der Waals surface area contributed by atoms with Gasteiger partial charge in [0, 0.05) is 22.2 Å². The first-order chi connectivity index (χ1) is 14.2. The Morgan fingerprint density at radius 2 is 1.97 bits per heavy atom. The summed E-state index contributed by atoms with van der Waals surface area (Å²) in [6.45, 7) is 0.329. The minimum Gasteiger partial charge on any atom is -0.493 e. The van der Waals surface area contributed by atoms with Crippen LogP contribution in [-0.2, 0) is 6.61 Å². The van der Waals surface area contributed by atoms with Gasteiger partial charge in [-0.3, -0.25) is 5.43 Å². The average molecular weight is 432 g/mol. The molecule has 0 radical (unpaired) electrons. The second-order valence-corrected chi connectivity index (χ2v) is 7.75. The highest BCUT2D eigenvalue weighted by molar-refractivity contribution is 7.80. The van der Waals surface area contributed by atoms with Crippen molar-refractivity contribution in [2.75, 3.05) is 7.11 Å². The molecule has 0 aromatic heterocycles. The van der Waals surface area contributed by atoms with E-state index in [-0.39, 0.29) is 0 Å². The van der Waals surface area contributed by atoms with E-state index in [0.717, 1.165) is 24.0 Å². The average Bonchev–Trinajstić information content (AvgIpc) is 2.74. The zero-order valence-corrected chi connectivity index (χ0v) is 18.1. The summed E-state index contributed by atoms with van der Waals surface area (Å²) in [7, 11) is 1.61. The summed E-state index contributed by atoms with van der Waals surface area (Å²) in [4.78, 5) is 0. The van der Waals surface area contributed by atoms with Gasteiger partial charge in [-0.1, -0.05) is 55.1 Å². The molecule has 2 aromatic rings. The summed E-state index contributed by atoms with van der Waals surface area (Å²) in [6.07, 6.45) is 7.80. The van der Waals surface area contributed by atoms with E-state index in [0.29, 0.717) is 34.3 Å². The number of rotatable bonds is 7. The number of benzene rings is 2. The van der Waals surface area contributed by atoms with Crippen LogP contribution in [-0.4, -0.2) is 24.5 Å². The normalized spacial score (nSPS) is 14.6. The largest absolute Gasteiger partial charge is 0.493 e. The molecule has 0 unspecified atom stereocenters. The molecule has 1 fully saturated rings. The third kappa shape index (κ3) is 6.34. The molecule has 1 aliphatic rings. The number of nitrogens with one attached hydrogen (secondary N) is 2. The maximum atomic E-state index is 6.23. The Morgan fingerprint density at radius 1 is 1.17 bits per heavy atom. The Hall–Kier alpha value is -2.31. The first kappa shape index (κ1) is 21.4. The minimum atomic E-state index is 0.329. The molecule has 0 amide bonds. The Labute approximate surface area is 182 Å². The predicted octanol–water partition coefficient (Wildman–Crippen LogP) is 5.06. The fourth-order valence-electron chi connectivity index (χ4n) is 3.34. The van der Waals surface area contributed by atoms with E-state index in [4.69, 9.17) is 33.3 Å². The van der Waals surface area contributed by atoms with Crippen molar-refractivity contribution >= 4 is 35.1 Å². The highest BCUT2D eigenvalue weighted by Gasteiger charge is 2.14. The van der Waals surface area contributed by atoms with E-state index < -0.39 is 0 Å². The number of methoxy groups -OCH3 is 1. The summed E-state index contributed by atoms with van der Waals surface area (Å²) >= 11 is 11.6. The monoisotopic (exact) mass is 431 g/mol. The van der Waals surface area contributed by atoms with Crippen molar-refractivity contribution in [1.82, 2.24) is 10.7 Å². The Morgan fingerprint density at radius 3 is 2.72 bits per heavy atom. The zero-order chi connectivity index (χ0) is 20.5. The van der Waals surface area contributed by atoms with Crippen molar-refractivity contribution in [3.8, 4) is 11.5 Å². The molecule has 0 saturated heterocycles. The molecule has 0 spiro atoms. The predicted molar refractivity (Wildman–Crippen MR) is 122 cm³/mol. The standard InChI is InChI=1S/C22H26ClN3O2S/c1-27-20-13-7-9-16(21(20)28-15-17-8-5-6-12-19(17)23)14-24-26-22(29)25-18-10-3-2-4-11-18/h5-9,12-14,18H,2-4,10-11,15H2,1H3,(H2,25,26,29)/b24-14+. The Balaban J connectivity index is 1.64. The Kier molecular flexibility index (Phi) is 8.14. The first-order valence-electron chi connectivity index (χ1n) is 9.80. The van der Waals surface area contributed by atoms with E-state index in [9.17, 15) is 0 Å². The lowest BCUT2D eigenvalue weighted by Crippen LogP contribution is -2.40. The van der Waals surface area contributed by atoms with Crippen LogP contribution in [0.25, 0.3) is 0 Å². The van der Waals surface area contributed by atoms with Crippen LogP contribution in [0.2, 0.25) is 5.02 Å². The number of hydrogen-bond acceptors (Lipinski definition) is 4. The van der Waals surface area contributed by atoms with Crippen molar-refractivity contribution in [3.05, 3.63) is 58.6 Å². The van der Waals surface area contributed by atoms with E-state index in [1.165, 1.54) is 19.3 Å². The highest BCUT2D eigenvalue weighted by atomic mass is 35.5. The van der Waals surface area contributed by atoms with Crippen molar-refractivity contribution in [2.24, 2.45) is 5.10 Å². The van der Waals surface area contributed by atoms with Crippen LogP contribution in [0.1, 0.15) is 43.2 Å². The number of hydrazone groups is 1. The van der Waals surface area contributed by atoms with Gasteiger partial charge in [0.25, 0.3) is 0 Å². The summed E-state index contributed by atoms with van der Waals surface area (Å²) in [5.41, 5.74) is 4.58. The molecule has 2 N–H and O–H groups in total. The van der Waals surface area contributed by atoms with Crippen molar-refractivity contribution in [2.45, 2.75) is 44.8 Å². The molecule has 2 aromatic carbocycles. The van der Waals surface area contributed by atoms with Gasteiger partial charge in [-0.05, 0) is 43.3 Å². The van der Waals surface area contributed by atoms with Crippen LogP contribution in [0.5, 0.6) is 11.5 Å². The molecule has 3 rings (SSSR count). The quantitative estimate of drug-likeness (QED) is 0.364. The van der Waals surface area contributed by atoms with Crippen molar-refractivity contribution in [3.63, 3.8) is 0 Å². The van der Waals surface area contributed by atoms with E-state index in [1.807, 2.05) is 42.5 Å². The molecule has 0 heterocycles. The number of thiocarbonyl (C=S) groups is 1. The molecule has 1 saturated carbocycles. The van der Waals surface area contributed by atoms with Crippen LogP contribution in [0.3, 0.4) is 0 Å². The fourth-order valence-corrected chi connectivity index (χ4v) is 3.75. The molecule has 7 heteroatoms. The second kappa shape index (κ2) is 11.0. The van der Waals surface area contributed by atoms with Gasteiger partial charge in [0.2, 0.25) is 0 Å². The molecule has 0 bridgehead atoms. The van der Waals surface area contributed by atoms with Crippen LogP contribution in [0, 0.1) is 0 Å². The van der Waals surface area contributed by atoms with Crippen molar-refractivity contribution in [1.29, 1.82) is 0 Å². The minimum absolute atomic E-state index is 0.329. The summed E-state index contributed by atoms with van der Waals surface area (Å²) in [6, 6.07) is 13.7. The van der Waals surface area contributed by atoms with Crippen LogP contribution >= 0.6 is 23.8 Å². The summed E-state index contributed by atoms with van der Waals surface area (Å²) < 4.78 is 11.5. The number of nitrogens with zero attached hydrogens (tertiary/aromatic N) is 1. The summed E-state index contributed by atoms with van der Waals surface area (Å²) in [5.74, 6) is 1.23. The number of ether oxygens (including phenoxy) is 2. The molecular formula is C22H26ClN3O2S. The number of hydrogen-bond donors (Lipinski definition) is 2. The van der Waals surface area contributed by atoms with Crippen LogP contribution in [0.4, 0.5) is 0 Å².